The molecule has 0 bridgehead atoms. The molecule has 0 spiro atoms. The van der Waals surface area contributed by atoms with Gasteiger partial charge in [0.05, 0.1) is 13.2 Å². The molecular formula is C22H34O8. The lowest BCUT2D eigenvalue weighted by molar-refractivity contribution is -0.301. The first-order valence-electron chi connectivity index (χ1n) is 10.8. The molecule has 2 aliphatic heterocycles. The van der Waals surface area contributed by atoms with E-state index < -0.39 is 37.3 Å². The minimum Gasteiger partial charge on any atom is -0.493 e. The molecule has 1 aromatic rings. The van der Waals surface area contributed by atoms with Crippen LogP contribution in [-0.4, -0.2) is 84.2 Å². The summed E-state index contributed by atoms with van der Waals surface area (Å²) < 4.78 is 22.1. The Kier molecular flexibility index (Phi) is 9.32. The maximum absolute atomic E-state index is 9.95. The molecule has 170 valence electrons. The topological polar surface area (TPSA) is 118 Å². The number of aryl methyl sites for hydroxylation is 1. The van der Waals surface area contributed by atoms with E-state index >= 15 is 0 Å². The number of hydrogen-bond acceptors (Lipinski definition) is 8. The highest BCUT2D eigenvalue weighted by Gasteiger charge is 2.43. The van der Waals surface area contributed by atoms with Gasteiger partial charge in [0.2, 0.25) is 0 Å². The molecule has 0 saturated carbocycles. The molecule has 0 aromatic heterocycles. The van der Waals surface area contributed by atoms with E-state index in [2.05, 4.69) is 12.1 Å². The van der Waals surface area contributed by atoms with Crippen molar-refractivity contribution >= 4 is 0 Å². The van der Waals surface area contributed by atoms with Gasteiger partial charge in [0.1, 0.15) is 30.2 Å². The second-order valence-electron chi connectivity index (χ2n) is 8.04. The minimum absolute atomic E-state index is 0.342. The van der Waals surface area contributed by atoms with Gasteiger partial charge >= 0.3 is 0 Å². The van der Waals surface area contributed by atoms with Crippen LogP contribution < -0.4 is 4.74 Å². The normalized spacial score (nSPS) is 30.3. The fourth-order valence-corrected chi connectivity index (χ4v) is 3.72. The standard InChI is InChI=1S/C22H34O8/c23-13-18-19(24)20(25)21(26)22(30-18)28-10-2-1-3-15-4-6-17(7-5-15)29-14-16-8-11-27-12-9-16/h4-7,16,18-26H,1-3,8-14H2. The lowest BCUT2D eigenvalue weighted by Gasteiger charge is -2.39. The van der Waals surface area contributed by atoms with E-state index in [1.807, 2.05) is 12.1 Å². The highest BCUT2D eigenvalue weighted by Crippen LogP contribution is 2.22. The van der Waals surface area contributed by atoms with Crippen LogP contribution in [-0.2, 0) is 20.6 Å². The molecule has 8 heteroatoms. The summed E-state index contributed by atoms with van der Waals surface area (Å²) in [6.07, 6.45) is -1.49. The molecule has 0 amide bonds. The monoisotopic (exact) mass is 426 g/mol. The second-order valence-corrected chi connectivity index (χ2v) is 8.04. The van der Waals surface area contributed by atoms with Gasteiger partial charge in [-0.25, -0.2) is 0 Å². The Morgan fingerprint density at radius 2 is 1.67 bits per heavy atom. The van der Waals surface area contributed by atoms with Crippen LogP contribution in [0.1, 0.15) is 31.2 Å². The van der Waals surface area contributed by atoms with Crippen molar-refractivity contribution in [3.63, 3.8) is 0 Å². The Balaban J connectivity index is 1.31. The molecule has 2 heterocycles. The molecule has 0 aliphatic carbocycles. The van der Waals surface area contributed by atoms with Crippen molar-refractivity contribution in [3.05, 3.63) is 29.8 Å². The average Bonchev–Trinajstić information content (AvgIpc) is 2.79. The first-order chi connectivity index (χ1) is 14.6. The molecular weight excluding hydrogens is 392 g/mol. The zero-order valence-corrected chi connectivity index (χ0v) is 17.3. The summed E-state index contributed by atoms with van der Waals surface area (Å²) in [4.78, 5) is 0. The fraction of sp³-hybridized carbons (Fsp3) is 0.727. The lowest BCUT2D eigenvalue weighted by Crippen LogP contribution is -2.59. The number of hydrogen-bond donors (Lipinski definition) is 4. The van der Waals surface area contributed by atoms with Crippen LogP contribution in [0.25, 0.3) is 0 Å². The highest BCUT2D eigenvalue weighted by atomic mass is 16.7. The van der Waals surface area contributed by atoms with Crippen molar-refractivity contribution in [2.45, 2.75) is 62.8 Å². The minimum atomic E-state index is -1.41. The first-order valence-corrected chi connectivity index (χ1v) is 10.8. The molecule has 3 rings (SSSR count). The van der Waals surface area contributed by atoms with Crippen LogP contribution in [0.15, 0.2) is 24.3 Å². The molecule has 5 unspecified atom stereocenters. The van der Waals surface area contributed by atoms with Crippen LogP contribution in [0, 0.1) is 5.92 Å². The molecule has 5 atom stereocenters. The summed E-state index contributed by atoms with van der Waals surface area (Å²) in [5, 5.41) is 38.7. The van der Waals surface area contributed by atoms with E-state index in [1.165, 1.54) is 5.56 Å². The molecule has 30 heavy (non-hydrogen) atoms. The number of rotatable bonds is 10. The van der Waals surface area contributed by atoms with Gasteiger partial charge in [-0.3, -0.25) is 0 Å². The van der Waals surface area contributed by atoms with Crippen LogP contribution >= 0.6 is 0 Å². The van der Waals surface area contributed by atoms with E-state index in [9.17, 15) is 20.4 Å². The van der Waals surface area contributed by atoms with Gasteiger partial charge in [-0.05, 0) is 55.7 Å². The quantitative estimate of drug-likeness (QED) is 0.403. The Morgan fingerprint density at radius 1 is 0.933 bits per heavy atom. The van der Waals surface area contributed by atoms with Gasteiger partial charge in [0.15, 0.2) is 6.29 Å². The van der Waals surface area contributed by atoms with Gasteiger partial charge in [0.25, 0.3) is 0 Å². The third-order valence-electron chi connectivity index (χ3n) is 5.74. The maximum atomic E-state index is 9.95. The van der Waals surface area contributed by atoms with E-state index in [4.69, 9.17) is 18.9 Å². The van der Waals surface area contributed by atoms with Gasteiger partial charge in [-0.2, -0.15) is 0 Å². The van der Waals surface area contributed by atoms with Crippen LogP contribution in [0.5, 0.6) is 5.75 Å². The summed E-state index contributed by atoms with van der Waals surface area (Å²) in [7, 11) is 0. The van der Waals surface area contributed by atoms with Gasteiger partial charge < -0.3 is 39.4 Å². The molecule has 4 N–H and O–H groups in total. The van der Waals surface area contributed by atoms with Crippen molar-refractivity contribution in [1.82, 2.24) is 0 Å². The van der Waals surface area contributed by atoms with Crippen molar-refractivity contribution in [1.29, 1.82) is 0 Å². The summed E-state index contributed by atoms with van der Waals surface area (Å²) >= 11 is 0. The van der Waals surface area contributed by atoms with E-state index in [0.29, 0.717) is 12.5 Å². The predicted octanol–water partition coefficient (Wildman–Crippen LogP) is 0.631. The Hall–Kier alpha value is -1.26. The molecule has 8 nitrogen and oxygen atoms in total. The Labute approximate surface area is 177 Å². The van der Waals surface area contributed by atoms with Crippen LogP contribution in [0.4, 0.5) is 0 Å². The van der Waals surface area contributed by atoms with Gasteiger partial charge in [-0.15, -0.1) is 0 Å². The SMILES string of the molecule is OCC1OC(OCCCCc2ccc(OCC3CCOCC3)cc2)C(O)C(O)C1O. The first kappa shape index (κ1) is 23.4. The van der Waals surface area contributed by atoms with Gasteiger partial charge in [-0.1, -0.05) is 12.1 Å². The number of aliphatic hydroxyl groups excluding tert-OH is 4. The van der Waals surface area contributed by atoms with Crippen molar-refractivity contribution < 1.29 is 39.4 Å². The van der Waals surface area contributed by atoms with Crippen LogP contribution in [0.3, 0.4) is 0 Å². The van der Waals surface area contributed by atoms with E-state index in [1.54, 1.807) is 0 Å². The molecule has 1 aromatic carbocycles. The third-order valence-corrected chi connectivity index (χ3v) is 5.74. The number of unbranched alkanes of at least 4 members (excludes halogenated alkanes) is 1. The summed E-state index contributed by atoms with van der Waals surface area (Å²) in [6, 6.07) is 8.13. The molecule has 2 aliphatic rings. The zero-order chi connectivity index (χ0) is 21.3. The lowest BCUT2D eigenvalue weighted by atomic mass is 9.99. The smallest absolute Gasteiger partial charge is 0.186 e. The maximum Gasteiger partial charge on any atom is 0.186 e. The zero-order valence-electron chi connectivity index (χ0n) is 17.3. The second kappa shape index (κ2) is 12.0. The largest absolute Gasteiger partial charge is 0.493 e. The Morgan fingerprint density at radius 3 is 2.37 bits per heavy atom. The Bertz CT molecular complexity index is 602. The predicted molar refractivity (Wildman–Crippen MR) is 108 cm³/mol. The number of aliphatic hydroxyl groups is 4. The third kappa shape index (κ3) is 6.62. The van der Waals surface area contributed by atoms with Crippen molar-refractivity contribution in [3.8, 4) is 5.75 Å². The molecule has 2 fully saturated rings. The molecule has 0 radical (unpaired) electrons. The average molecular weight is 427 g/mol. The van der Waals surface area contributed by atoms with Crippen molar-refractivity contribution in [2.75, 3.05) is 33.0 Å². The summed E-state index contributed by atoms with van der Waals surface area (Å²) in [5.74, 6) is 1.46. The van der Waals surface area contributed by atoms with Gasteiger partial charge in [0, 0.05) is 19.8 Å². The number of ether oxygens (including phenoxy) is 4. The fourth-order valence-electron chi connectivity index (χ4n) is 3.72. The van der Waals surface area contributed by atoms with E-state index in [0.717, 1.165) is 57.7 Å². The van der Waals surface area contributed by atoms with E-state index in [-0.39, 0.29) is 0 Å². The van der Waals surface area contributed by atoms with Crippen LogP contribution in [0.2, 0.25) is 0 Å². The molecule has 2 saturated heterocycles. The van der Waals surface area contributed by atoms with Crippen molar-refractivity contribution in [2.24, 2.45) is 5.92 Å². The summed E-state index contributed by atoms with van der Waals surface area (Å²) in [6.45, 7) is 2.27. The highest BCUT2D eigenvalue weighted by molar-refractivity contribution is 5.27. The summed E-state index contributed by atoms with van der Waals surface area (Å²) in [5.41, 5.74) is 1.21. The number of benzene rings is 1.